The molecule has 2 aromatic rings. The van der Waals surface area contributed by atoms with Crippen molar-refractivity contribution in [1.82, 2.24) is 4.57 Å². The molecule has 144 valence electrons. The molecular weight excluding hydrogens is 393 g/mol. The first kappa shape index (κ1) is 21.4. The average Bonchev–Trinajstić information content (AvgIpc) is 2.61. The molecule has 0 aliphatic heterocycles. The Balaban J connectivity index is 2.63. The molecule has 0 radical (unpaired) electrons. The molecule has 1 unspecified atom stereocenters. The van der Waals surface area contributed by atoms with E-state index < -0.39 is 0 Å². The lowest BCUT2D eigenvalue weighted by Crippen LogP contribution is -2.23. The zero-order valence-corrected chi connectivity index (χ0v) is 17.8. The van der Waals surface area contributed by atoms with E-state index in [4.69, 9.17) is 39.5 Å². The van der Waals surface area contributed by atoms with E-state index in [-0.39, 0.29) is 10.9 Å². The van der Waals surface area contributed by atoms with Gasteiger partial charge in [-0.1, -0.05) is 62.7 Å². The molecule has 0 amide bonds. The molecule has 3 nitrogen and oxygen atoms in total. The van der Waals surface area contributed by atoms with E-state index in [1.54, 1.807) is 23.7 Å². The minimum Gasteiger partial charge on any atom is -0.491 e. The van der Waals surface area contributed by atoms with Gasteiger partial charge in [0, 0.05) is 12.4 Å². The summed E-state index contributed by atoms with van der Waals surface area (Å²) in [6, 6.07) is 3.32. The number of rotatable bonds is 9. The number of aromatic nitrogens is 1. The summed E-state index contributed by atoms with van der Waals surface area (Å²) in [6.07, 6.45) is 5.97. The number of pyridine rings is 1. The van der Waals surface area contributed by atoms with Gasteiger partial charge in [0.25, 0.3) is 5.56 Å². The molecule has 26 heavy (non-hydrogen) atoms. The number of unbranched alkanes of at least 4 members (excludes halogenated alkanes) is 3. The first-order valence-electron chi connectivity index (χ1n) is 9.20. The van der Waals surface area contributed by atoms with Crippen LogP contribution < -0.4 is 10.3 Å². The lowest BCUT2D eigenvalue weighted by molar-refractivity contribution is 0.305. The molecule has 0 aliphatic carbocycles. The second-order valence-corrected chi connectivity index (χ2v) is 7.90. The Kier molecular flexibility index (Phi) is 8.12. The summed E-state index contributed by atoms with van der Waals surface area (Å²) < 4.78 is 7.70. The Morgan fingerprint density at radius 1 is 1.04 bits per heavy atom. The van der Waals surface area contributed by atoms with Crippen LogP contribution in [0.1, 0.15) is 63.4 Å². The number of nitrogens with zero attached hydrogens (tertiary/aromatic N) is 1. The van der Waals surface area contributed by atoms with Crippen molar-refractivity contribution in [2.24, 2.45) is 7.05 Å². The summed E-state index contributed by atoms with van der Waals surface area (Å²) in [5.41, 5.74) is 0.576. The maximum absolute atomic E-state index is 12.9. The van der Waals surface area contributed by atoms with Crippen LogP contribution in [0.2, 0.25) is 10.0 Å². The lowest BCUT2D eigenvalue weighted by atomic mass is 10.0. The quantitative estimate of drug-likeness (QED) is 0.328. The van der Waals surface area contributed by atoms with E-state index in [2.05, 4.69) is 13.8 Å². The zero-order valence-electron chi connectivity index (χ0n) is 15.6. The summed E-state index contributed by atoms with van der Waals surface area (Å²) >= 11 is 19.1. The van der Waals surface area contributed by atoms with Crippen LogP contribution >= 0.6 is 34.8 Å². The average molecular weight is 419 g/mol. The predicted molar refractivity (Wildman–Crippen MR) is 112 cm³/mol. The zero-order chi connectivity index (χ0) is 19.3. The normalized spacial score (nSPS) is 12.5. The Morgan fingerprint density at radius 3 is 2.27 bits per heavy atom. The highest BCUT2D eigenvalue weighted by Gasteiger charge is 2.23. The minimum absolute atomic E-state index is 0.141. The van der Waals surface area contributed by atoms with Crippen molar-refractivity contribution >= 4 is 45.6 Å². The first-order chi connectivity index (χ1) is 12.4. The highest BCUT2D eigenvalue weighted by molar-refractivity contribution is 6.42. The van der Waals surface area contributed by atoms with E-state index >= 15 is 0 Å². The first-order valence-corrected chi connectivity index (χ1v) is 10.4. The Bertz CT molecular complexity index is 817. The number of fused-ring (bicyclic) bond motifs is 1. The van der Waals surface area contributed by atoms with Crippen molar-refractivity contribution in [1.29, 1.82) is 0 Å². The van der Waals surface area contributed by atoms with Crippen LogP contribution in [-0.4, -0.2) is 11.2 Å². The molecule has 0 aliphatic rings. The minimum atomic E-state index is -0.297. The fourth-order valence-electron chi connectivity index (χ4n) is 3.02. The van der Waals surface area contributed by atoms with Gasteiger partial charge in [-0.25, -0.2) is 0 Å². The van der Waals surface area contributed by atoms with Crippen molar-refractivity contribution in [3.05, 3.63) is 38.2 Å². The molecule has 0 fully saturated rings. The second kappa shape index (κ2) is 9.87. The molecule has 0 saturated heterocycles. The summed E-state index contributed by atoms with van der Waals surface area (Å²) in [7, 11) is 1.74. The van der Waals surface area contributed by atoms with E-state index in [9.17, 15) is 4.79 Å². The van der Waals surface area contributed by atoms with Crippen molar-refractivity contribution in [3.8, 4) is 5.75 Å². The van der Waals surface area contributed by atoms with E-state index in [0.29, 0.717) is 33.2 Å². The third kappa shape index (κ3) is 4.68. The van der Waals surface area contributed by atoms with Gasteiger partial charge in [0.1, 0.15) is 5.75 Å². The molecule has 2 rings (SSSR count). The standard InChI is InChI=1S/C20H26Cl3NO2/c1-4-6-8-9-15(21)18-19(26-10-7-5-2)13-11-16(22)17(23)12-14(13)20(25)24(18)3/h11-12,15H,4-10H2,1-3H3. The second-order valence-electron chi connectivity index (χ2n) is 6.56. The van der Waals surface area contributed by atoms with Gasteiger partial charge in [0.2, 0.25) is 0 Å². The maximum Gasteiger partial charge on any atom is 0.258 e. The number of hydrogen-bond donors (Lipinski definition) is 0. The third-order valence-electron chi connectivity index (χ3n) is 4.54. The van der Waals surface area contributed by atoms with Gasteiger partial charge in [-0.05, 0) is 25.0 Å². The fraction of sp³-hybridized carbons (Fsp3) is 0.550. The van der Waals surface area contributed by atoms with Crippen LogP contribution in [0.4, 0.5) is 0 Å². The van der Waals surface area contributed by atoms with Crippen molar-refractivity contribution in [2.75, 3.05) is 6.61 Å². The van der Waals surface area contributed by atoms with Gasteiger partial charge in [-0.2, -0.15) is 0 Å². The van der Waals surface area contributed by atoms with Crippen molar-refractivity contribution in [2.45, 2.75) is 57.7 Å². The smallest absolute Gasteiger partial charge is 0.258 e. The molecule has 1 aromatic heterocycles. The Morgan fingerprint density at radius 2 is 1.65 bits per heavy atom. The van der Waals surface area contributed by atoms with E-state index in [1.807, 2.05) is 0 Å². The SMILES string of the molecule is CCCCCC(Cl)c1c(OCCCC)c2cc(Cl)c(Cl)cc2c(=O)n1C. The van der Waals surface area contributed by atoms with Crippen LogP contribution in [0.3, 0.4) is 0 Å². The Labute approximate surface area is 170 Å². The monoisotopic (exact) mass is 417 g/mol. The molecule has 0 bridgehead atoms. The van der Waals surface area contributed by atoms with Gasteiger partial charge < -0.3 is 9.30 Å². The molecule has 1 heterocycles. The van der Waals surface area contributed by atoms with Crippen molar-refractivity contribution < 1.29 is 4.74 Å². The van der Waals surface area contributed by atoms with E-state index in [0.717, 1.165) is 44.2 Å². The summed E-state index contributed by atoms with van der Waals surface area (Å²) in [6.45, 7) is 4.82. The topological polar surface area (TPSA) is 31.2 Å². The molecule has 1 atom stereocenters. The fourth-order valence-corrected chi connectivity index (χ4v) is 3.75. The van der Waals surface area contributed by atoms with Gasteiger partial charge in [0.05, 0.1) is 33.1 Å². The molecule has 1 aromatic carbocycles. The molecule has 0 spiro atoms. The molecule has 6 heteroatoms. The lowest BCUT2D eigenvalue weighted by Gasteiger charge is -2.21. The van der Waals surface area contributed by atoms with Crippen LogP contribution in [0, 0.1) is 0 Å². The summed E-state index contributed by atoms with van der Waals surface area (Å²) in [5.74, 6) is 0.644. The summed E-state index contributed by atoms with van der Waals surface area (Å²) in [5, 5.41) is 1.63. The molecule has 0 N–H and O–H groups in total. The van der Waals surface area contributed by atoms with Crippen LogP contribution in [0.15, 0.2) is 16.9 Å². The van der Waals surface area contributed by atoms with Crippen LogP contribution in [0.25, 0.3) is 10.8 Å². The van der Waals surface area contributed by atoms with Gasteiger partial charge in [0.15, 0.2) is 0 Å². The number of halogens is 3. The highest BCUT2D eigenvalue weighted by Crippen LogP contribution is 2.39. The maximum atomic E-state index is 12.9. The van der Waals surface area contributed by atoms with Crippen molar-refractivity contribution in [3.63, 3.8) is 0 Å². The molecule has 0 saturated carbocycles. The largest absolute Gasteiger partial charge is 0.491 e. The molecular formula is C20H26Cl3NO2. The van der Waals surface area contributed by atoms with Gasteiger partial charge in [-0.15, -0.1) is 11.6 Å². The summed E-state index contributed by atoms with van der Waals surface area (Å²) in [4.78, 5) is 12.9. The van der Waals surface area contributed by atoms with Gasteiger partial charge in [-0.3, -0.25) is 4.79 Å². The third-order valence-corrected chi connectivity index (χ3v) is 5.68. The Hall–Kier alpha value is -0.900. The van der Waals surface area contributed by atoms with Crippen LogP contribution in [-0.2, 0) is 7.05 Å². The highest BCUT2D eigenvalue weighted by atomic mass is 35.5. The number of hydrogen-bond acceptors (Lipinski definition) is 2. The number of ether oxygens (including phenoxy) is 1. The predicted octanol–water partition coefficient (Wildman–Crippen LogP) is 6.88. The number of benzene rings is 1. The number of alkyl halides is 1. The van der Waals surface area contributed by atoms with E-state index in [1.165, 1.54) is 0 Å². The van der Waals surface area contributed by atoms with Gasteiger partial charge >= 0.3 is 0 Å². The van der Waals surface area contributed by atoms with Crippen LogP contribution in [0.5, 0.6) is 5.75 Å².